The summed E-state index contributed by atoms with van der Waals surface area (Å²) in [5.74, 6) is -0.187. The molecule has 0 saturated carbocycles. The summed E-state index contributed by atoms with van der Waals surface area (Å²) in [6.07, 6.45) is 44.8. The van der Waals surface area contributed by atoms with Gasteiger partial charge in [-0.25, -0.2) is 0 Å². The second-order valence-electron chi connectivity index (χ2n) is 17.6. The van der Waals surface area contributed by atoms with Gasteiger partial charge in [0, 0.05) is 6.42 Å². The van der Waals surface area contributed by atoms with Crippen LogP contribution < -0.4 is 5.32 Å². The van der Waals surface area contributed by atoms with E-state index in [1.165, 1.54) is 167 Å². The molecule has 352 valence electrons. The third-order valence-electron chi connectivity index (χ3n) is 11.9. The van der Waals surface area contributed by atoms with E-state index >= 15 is 0 Å². The molecule has 1 aliphatic heterocycles. The fourth-order valence-corrected chi connectivity index (χ4v) is 7.87. The number of allylic oxidation sites excluding steroid dienone is 5. The van der Waals surface area contributed by atoms with Crippen LogP contribution in [-0.2, 0) is 14.3 Å². The number of hydrogen-bond donors (Lipinski definition) is 6. The number of carbonyl (C=O) groups is 1. The summed E-state index contributed by atoms with van der Waals surface area (Å²) in [6.45, 7) is 3.76. The first-order valence-corrected chi connectivity index (χ1v) is 25.2. The normalized spacial score (nSPS) is 20.8. The zero-order chi connectivity index (χ0) is 43.7. The molecule has 9 heteroatoms. The Bertz CT molecular complexity index is 1030. The Hall–Kier alpha value is -1.59. The Labute approximate surface area is 368 Å². The van der Waals surface area contributed by atoms with Crippen LogP contribution in [0.25, 0.3) is 0 Å². The van der Waals surface area contributed by atoms with Gasteiger partial charge in [0.25, 0.3) is 0 Å². The van der Waals surface area contributed by atoms with Crippen LogP contribution in [0.2, 0.25) is 0 Å². The second-order valence-corrected chi connectivity index (χ2v) is 17.6. The van der Waals surface area contributed by atoms with Crippen molar-refractivity contribution < 1.29 is 39.8 Å². The lowest BCUT2D eigenvalue weighted by Gasteiger charge is -2.40. The average Bonchev–Trinajstić information content (AvgIpc) is 3.25. The lowest BCUT2D eigenvalue weighted by Crippen LogP contribution is -2.60. The highest BCUT2D eigenvalue weighted by Crippen LogP contribution is 2.23. The van der Waals surface area contributed by atoms with Gasteiger partial charge in [0.05, 0.1) is 25.4 Å². The molecule has 0 radical (unpaired) electrons. The average molecular weight is 850 g/mol. The maximum Gasteiger partial charge on any atom is 0.220 e. The van der Waals surface area contributed by atoms with Gasteiger partial charge in [0.2, 0.25) is 5.91 Å². The molecule has 2 unspecified atom stereocenters. The minimum absolute atomic E-state index is 0.187. The van der Waals surface area contributed by atoms with E-state index in [4.69, 9.17) is 9.47 Å². The lowest BCUT2D eigenvalue weighted by molar-refractivity contribution is -0.302. The zero-order valence-electron chi connectivity index (χ0n) is 38.7. The van der Waals surface area contributed by atoms with Crippen molar-refractivity contribution in [3.63, 3.8) is 0 Å². The second kappa shape index (κ2) is 41.4. The number of ether oxygens (including phenoxy) is 2. The molecule has 60 heavy (non-hydrogen) atoms. The molecule has 0 spiro atoms. The number of hydrogen-bond acceptors (Lipinski definition) is 8. The van der Waals surface area contributed by atoms with E-state index in [9.17, 15) is 30.3 Å². The first-order chi connectivity index (χ1) is 29.3. The van der Waals surface area contributed by atoms with Gasteiger partial charge in [-0.05, 0) is 57.8 Å². The number of amides is 1. The first kappa shape index (κ1) is 56.4. The standard InChI is InChI=1S/C51H95NO8/c1-3-5-7-9-11-13-15-17-19-21-22-23-24-25-27-29-31-33-35-37-39-41-47(55)52-44(43-59-51-50(58)49(57)48(56)46(42-53)60-51)45(54)40-38-36-34-32-30-28-26-20-18-16-14-12-10-8-6-4-2/h17,19,30,32,38,40,44-46,48-51,53-54,56-58H,3-16,18,20-29,31,33-37,39,41-43H2,1-2H3,(H,52,55)/b19-17+,32-30+,40-38+/t44-,45+,46-,48-,49?,50?,51-/m0/s1. The van der Waals surface area contributed by atoms with Gasteiger partial charge in [-0.15, -0.1) is 0 Å². The number of nitrogens with one attached hydrogen (secondary N) is 1. The van der Waals surface area contributed by atoms with E-state index in [1.54, 1.807) is 6.08 Å². The first-order valence-electron chi connectivity index (χ1n) is 25.2. The lowest BCUT2D eigenvalue weighted by atomic mass is 9.99. The Morgan fingerprint density at radius 1 is 0.550 bits per heavy atom. The van der Waals surface area contributed by atoms with Crippen molar-refractivity contribution in [2.45, 2.75) is 269 Å². The van der Waals surface area contributed by atoms with Crippen LogP contribution >= 0.6 is 0 Å². The quantitative estimate of drug-likeness (QED) is 0.0263. The third kappa shape index (κ3) is 31.3. The van der Waals surface area contributed by atoms with Gasteiger partial charge in [0.1, 0.15) is 24.4 Å². The Morgan fingerprint density at radius 2 is 0.950 bits per heavy atom. The Kier molecular flexibility index (Phi) is 39.0. The van der Waals surface area contributed by atoms with Crippen LogP contribution in [0.3, 0.4) is 0 Å². The van der Waals surface area contributed by atoms with Crippen LogP contribution in [0.4, 0.5) is 0 Å². The van der Waals surface area contributed by atoms with Gasteiger partial charge in [0.15, 0.2) is 6.29 Å². The predicted octanol–water partition coefficient (Wildman–Crippen LogP) is 11.2. The fourth-order valence-electron chi connectivity index (χ4n) is 7.87. The molecule has 0 aromatic heterocycles. The molecule has 0 aliphatic carbocycles. The van der Waals surface area contributed by atoms with Gasteiger partial charge in [-0.2, -0.15) is 0 Å². The molecule has 0 bridgehead atoms. The van der Waals surface area contributed by atoms with Gasteiger partial charge >= 0.3 is 0 Å². The van der Waals surface area contributed by atoms with Crippen molar-refractivity contribution in [3.05, 3.63) is 36.5 Å². The van der Waals surface area contributed by atoms with Crippen LogP contribution in [0.5, 0.6) is 0 Å². The Balaban J connectivity index is 2.31. The van der Waals surface area contributed by atoms with E-state index in [1.807, 2.05) is 6.08 Å². The van der Waals surface area contributed by atoms with Crippen LogP contribution in [0, 0.1) is 0 Å². The van der Waals surface area contributed by atoms with E-state index in [0.717, 1.165) is 38.5 Å². The molecule has 9 nitrogen and oxygen atoms in total. The molecular weight excluding hydrogens is 755 g/mol. The summed E-state index contributed by atoms with van der Waals surface area (Å²) in [5.41, 5.74) is 0. The van der Waals surface area contributed by atoms with Crippen LogP contribution in [0.15, 0.2) is 36.5 Å². The summed E-state index contributed by atoms with van der Waals surface area (Å²) in [5, 5.41) is 54.3. The molecule has 6 N–H and O–H groups in total. The zero-order valence-corrected chi connectivity index (χ0v) is 38.7. The van der Waals surface area contributed by atoms with E-state index in [-0.39, 0.29) is 12.5 Å². The van der Waals surface area contributed by atoms with Crippen molar-refractivity contribution >= 4 is 5.91 Å². The molecule has 1 amide bonds. The molecule has 1 aliphatic rings. The molecule has 0 aromatic carbocycles. The molecule has 1 heterocycles. The largest absolute Gasteiger partial charge is 0.394 e. The highest BCUT2D eigenvalue weighted by atomic mass is 16.7. The number of carbonyl (C=O) groups excluding carboxylic acids is 1. The summed E-state index contributed by atoms with van der Waals surface area (Å²) < 4.78 is 11.2. The van der Waals surface area contributed by atoms with Crippen LogP contribution in [0.1, 0.15) is 226 Å². The molecule has 1 saturated heterocycles. The van der Waals surface area contributed by atoms with E-state index in [0.29, 0.717) is 6.42 Å². The van der Waals surface area contributed by atoms with Crippen molar-refractivity contribution in [2.75, 3.05) is 13.2 Å². The smallest absolute Gasteiger partial charge is 0.220 e. The monoisotopic (exact) mass is 850 g/mol. The molecule has 0 aromatic rings. The van der Waals surface area contributed by atoms with Crippen LogP contribution in [-0.4, -0.2) is 87.5 Å². The van der Waals surface area contributed by atoms with E-state index < -0.39 is 49.5 Å². The molecule has 1 fully saturated rings. The van der Waals surface area contributed by atoms with Crippen molar-refractivity contribution in [3.8, 4) is 0 Å². The third-order valence-corrected chi connectivity index (χ3v) is 11.9. The summed E-state index contributed by atoms with van der Waals surface area (Å²) >= 11 is 0. The summed E-state index contributed by atoms with van der Waals surface area (Å²) in [7, 11) is 0. The Morgan fingerprint density at radius 3 is 1.40 bits per heavy atom. The number of aliphatic hydroxyl groups is 5. The predicted molar refractivity (Wildman–Crippen MR) is 249 cm³/mol. The molecular formula is C51H95NO8. The fraction of sp³-hybridized carbons (Fsp3) is 0.863. The van der Waals surface area contributed by atoms with Crippen molar-refractivity contribution in [1.82, 2.24) is 5.32 Å². The van der Waals surface area contributed by atoms with Crippen molar-refractivity contribution in [1.29, 1.82) is 0 Å². The maximum absolute atomic E-state index is 13.0. The summed E-state index contributed by atoms with van der Waals surface area (Å²) in [4.78, 5) is 13.0. The summed E-state index contributed by atoms with van der Waals surface area (Å²) in [6, 6.07) is -0.820. The minimum atomic E-state index is -1.57. The number of unbranched alkanes of at least 4 members (excludes halogenated alkanes) is 28. The highest BCUT2D eigenvalue weighted by molar-refractivity contribution is 5.76. The topological polar surface area (TPSA) is 149 Å². The highest BCUT2D eigenvalue weighted by Gasteiger charge is 2.44. The van der Waals surface area contributed by atoms with Gasteiger partial charge in [-0.3, -0.25) is 4.79 Å². The van der Waals surface area contributed by atoms with Gasteiger partial charge in [-0.1, -0.05) is 198 Å². The van der Waals surface area contributed by atoms with E-state index in [2.05, 4.69) is 43.5 Å². The minimum Gasteiger partial charge on any atom is -0.394 e. The molecule has 1 rings (SSSR count). The SMILES string of the molecule is CCCCCCCC/C=C/CCCCCCCCCCCCCC(=O)N[C@@H](CO[C@H]1O[C@@H](CO)[C@H](O)C(O)C1O)[C@H](O)/C=C/CC/C=C/CCCCCCCCCCCC. The molecule has 7 atom stereocenters. The maximum atomic E-state index is 13.0. The number of aliphatic hydroxyl groups excluding tert-OH is 5. The van der Waals surface area contributed by atoms with Gasteiger partial charge < -0.3 is 40.3 Å². The van der Waals surface area contributed by atoms with Crippen molar-refractivity contribution in [2.24, 2.45) is 0 Å². The number of rotatable bonds is 42.